The second kappa shape index (κ2) is 6.60. The smallest absolute Gasteiger partial charge is 0.323 e. The van der Waals surface area contributed by atoms with Gasteiger partial charge in [-0.1, -0.05) is 0 Å². The number of aryl methyl sites for hydroxylation is 1. The van der Waals surface area contributed by atoms with E-state index in [0.717, 1.165) is 4.90 Å². The summed E-state index contributed by atoms with van der Waals surface area (Å²) in [6.45, 7) is 0.0953. The Morgan fingerprint density at radius 1 is 1.61 bits per heavy atom. The lowest BCUT2D eigenvalue weighted by molar-refractivity contribution is -0.137. The normalized spacial score (nSPS) is 10.1. The van der Waals surface area contributed by atoms with Crippen LogP contribution in [0.25, 0.3) is 0 Å². The third kappa shape index (κ3) is 4.42. The first-order chi connectivity index (χ1) is 8.52. The van der Waals surface area contributed by atoms with Gasteiger partial charge in [0, 0.05) is 26.9 Å². The van der Waals surface area contributed by atoms with Crippen molar-refractivity contribution in [2.45, 2.75) is 0 Å². The number of hydrogen-bond acceptors (Lipinski definition) is 4. The van der Waals surface area contributed by atoms with Crippen LogP contribution in [0.5, 0.6) is 0 Å². The first kappa shape index (κ1) is 14.0. The van der Waals surface area contributed by atoms with Crippen LogP contribution < -0.4 is 5.32 Å². The van der Waals surface area contributed by atoms with Gasteiger partial charge in [-0.2, -0.15) is 5.10 Å². The molecular weight excluding hydrogens is 240 g/mol. The number of amides is 2. The fraction of sp³-hybridized carbons (Fsp3) is 0.500. The number of anilines is 1. The van der Waals surface area contributed by atoms with Crippen LogP contribution in [0.4, 0.5) is 10.5 Å². The molecule has 0 aliphatic carbocycles. The van der Waals surface area contributed by atoms with Crippen LogP contribution in [0.2, 0.25) is 0 Å². The number of urea groups is 1. The van der Waals surface area contributed by atoms with Crippen LogP contribution in [0.15, 0.2) is 12.4 Å². The van der Waals surface area contributed by atoms with E-state index < -0.39 is 12.0 Å². The maximum Gasteiger partial charge on any atom is 0.323 e. The van der Waals surface area contributed by atoms with Gasteiger partial charge in [-0.15, -0.1) is 0 Å². The van der Waals surface area contributed by atoms with Crippen molar-refractivity contribution in [3.8, 4) is 0 Å². The summed E-state index contributed by atoms with van der Waals surface area (Å²) in [6, 6.07) is -0.498. The number of carboxylic acid groups (broad SMARTS) is 1. The van der Waals surface area contributed by atoms with Crippen molar-refractivity contribution in [2.24, 2.45) is 7.05 Å². The molecule has 0 unspecified atom stereocenters. The van der Waals surface area contributed by atoms with Crippen molar-refractivity contribution in [1.29, 1.82) is 0 Å². The molecule has 8 heteroatoms. The van der Waals surface area contributed by atoms with Gasteiger partial charge in [0.15, 0.2) is 0 Å². The van der Waals surface area contributed by atoms with Gasteiger partial charge in [0.2, 0.25) is 0 Å². The second-order valence-corrected chi connectivity index (χ2v) is 3.64. The molecule has 0 aromatic carbocycles. The number of rotatable bonds is 6. The summed E-state index contributed by atoms with van der Waals surface area (Å²) in [5.74, 6) is -1.08. The molecule has 2 N–H and O–H groups in total. The molecule has 1 rings (SSSR count). The Balaban J connectivity index is 2.60. The number of aliphatic carboxylic acids is 1. The van der Waals surface area contributed by atoms with Crippen LogP contribution >= 0.6 is 0 Å². The summed E-state index contributed by atoms with van der Waals surface area (Å²) in [6.07, 6.45) is 3.10. The molecule has 0 aliphatic heterocycles. The van der Waals surface area contributed by atoms with Crippen molar-refractivity contribution in [2.75, 3.05) is 32.1 Å². The third-order valence-corrected chi connectivity index (χ3v) is 2.13. The number of methoxy groups -OCH3 is 1. The van der Waals surface area contributed by atoms with Gasteiger partial charge in [0.25, 0.3) is 0 Å². The molecule has 0 spiro atoms. The van der Waals surface area contributed by atoms with Gasteiger partial charge in [-0.05, 0) is 0 Å². The fourth-order valence-corrected chi connectivity index (χ4v) is 1.31. The number of carbonyl (C=O) groups excluding carboxylic acids is 1. The van der Waals surface area contributed by atoms with E-state index in [1.165, 1.54) is 18.0 Å². The van der Waals surface area contributed by atoms with Crippen molar-refractivity contribution >= 4 is 17.7 Å². The fourth-order valence-electron chi connectivity index (χ4n) is 1.31. The number of aromatic nitrogens is 2. The Morgan fingerprint density at radius 3 is 2.83 bits per heavy atom. The lowest BCUT2D eigenvalue weighted by atomic mass is 10.5. The van der Waals surface area contributed by atoms with Gasteiger partial charge in [-0.25, -0.2) is 4.79 Å². The molecule has 0 fully saturated rings. The highest BCUT2D eigenvalue weighted by molar-refractivity contribution is 5.91. The molecule has 0 aliphatic rings. The molecule has 0 bridgehead atoms. The topological polar surface area (TPSA) is 96.7 Å². The summed E-state index contributed by atoms with van der Waals surface area (Å²) in [7, 11) is 3.20. The van der Waals surface area contributed by atoms with E-state index in [4.69, 9.17) is 9.84 Å². The van der Waals surface area contributed by atoms with E-state index in [9.17, 15) is 9.59 Å². The minimum Gasteiger partial charge on any atom is -0.480 e. The zero-order valence-electron chi connectivity index (χ0n) is 10.3. The monoisotopic (exact) mass is 256 g/mol. The van der Waals surface area contributed by atoms with Gasteiger partial charge in [-0.3, -0.25) is 9.48 Å². The zero-order chi connectivity index (χ0) is 13.5. The highest BCUT2D eigenvalue weighted by Crippen LogP contribution is 2.05. The number of carboxylic acids is 1. The van der Waals surface area contributed by atoms with Crippen LogP contribution in [0.3, 0.4) is 0 Å². The van der Waals surface area contributed by atoms with E-state index in [-0.39, 0.29) is 19.7 Å². The van der Waals surface area contributed by atoms with Gasteiger partial charge in [0.1, 0.15) is 6.54 Å². The number of nitrogens with one attached hydrogen (secondary N) is 1. The van der Waals surface area contributed by atoms with Crippen LogP contribution in [0, 0.1) is 0 Å². The second-order valence-electron chi connectivity index (χ2n) is 3.64. The summed E-state index contributed by atoms with van der Waals surface area (Å²) in [5.41, 5.74) is 0.510. The summed E-state index contributed by atoms with van der Waals surface area (Å²) < 4.78 is 6.36. The number of nitrogens with zero attached hydrogens (tertiary/aromatic N) is 3. The lowest BCUT2D eigenvalue weighted by Gasteiger charge is -2.20. The molecule has 0 atom stereocenters. The first-order valence-corrected chi connectivity index (χ1v) is 5.28. The maximum absolute atomic E-state index is 11.8. The molecule has 0 radical (unpaired) electrons. The molecule has 1 heterocycles. The largest absolute Gasteiger partial charge is 0.480 e. The third-order valence-electron chi connectivity index (χ3n) is 2.13. The molecule has 0 saturated heterocycles. The molecule has 18 heavy (non-hydrogen) atoms. The first-order valence-electron chi connectivity index (χ1n) is 5.28. The highest BCUT2D eigenvalue weighted by Gasteiger charge is 2.16. The van der Waals surface area contributed by atoms with Gasteiger partial charge >= 0.3 is 12.0 Å². The van der Waals surface area contributed by atoms with Crippen molar-refractivity contribution in [1.82, 2.24) is 14.7 Å². The van der Waals surface area contributed by atoms with Crippen molar-refractivity contribution < 1.29 is 19.4 Å². The van der Waals surface area contributed by atoms with Crippen molar-refractivity contribution in [3.63, 3.8) is 0 Å². The quantitative estimate of drug-likeness (QED) is 0.746. The summed E-state index contributed by atoms with van der Waals surface area (Å²) in [5, 5.41) is 15.2. The zero-order valence-corrected chi connectivity index (χ0v) is 10.3. The van der Waals surface area contributed by atoms with E-state index in [2.05, 4.69) is 10.4 Å². The standard InChI is InChI=1S/C10H16N4O4/c1-13-6-8(5-11-13)12-10(17)14(3-4-18-2)7-9(15)16/h5-6H,3-4,7H2,1-2H3,(H,12,17)(H,15,16). The van der Waals surface area contributed by atoms with E-state index in [1.807, 2.05) is 0 Å². The number of carbonyl (C=O) groups is 2. The molecule has 1 aromatic rings. The Labute approximate surface area is 104 Å². The maximum atomic E-state index is 11.8. The molecule has 1 aromatic heterocycles. The molecule has 2 amide bonds. The minimum atomic E-state index is -1.08. The van der Waals surface area contributed by atoms with Crippen molar-refractivity contribution in [3.05, 3.63) is 12.4 Å². The molecule has 0 saturated carbocycles. The predicted octanol–water partition coefficient (Wildman–Crippen LogP) is -0.0150. The number of hydrogen-bond donors (Lipinski definition) is 2. The van der Waals surface area contributed by atoms with E-state index in [0.29, 0.717) is 5.69 Å². The predicted molar refractivity (Wildman–Crippen MR) is 63.3 cm³/mol. The number of ether oxygens (including phenoxy) is 1. The Morgan fingerprint density at radius 2 is 2.33 bits per heavy atom. The highest BCUT2D eigenvalue weighted by atomic mass is 16.5. The average Bonchev–Trinajstić information content (AvgIpc) is 2.69. The summed E-state index contributed by atoms with van der Waals surface area (Å²) >= 11 is 0. The molecule has 100 valence electrons. The average molecular weight is 256 g/mol. The van der Waals surface area contributed by atoms with E-state index in [1.54, 1.807) is 13.2 Å². The van der Waals surface area contributed by atoms with Crippen LogP contribution in [0.1, 0.15) is 0 Å². The van der Waals surface area contributed by atoms with Crippen LogP contribution in [-0.2, 0) is 16.6 Å². The SMILES string of the molecule is COCCN(CC(=O)O)C(=O)Nc1cnn(C)c1. The molecule has 8 nitrogen and oxygen atoms in total. The Hall–Kier alpha value is -2.09. The van der Waals surface area contributed by atoms with Gasteiger partial charge in [0.05, 0.1) is 18.5 Å². The Kier molecular flexibility index (Phi) is 5.12. The Bertz CT molecular complexity index is 418. The van der Waals surface area contributed by atoms with Crippen LogP contribution in [-0.4, -0.2) is 58.6 Å². The summed E-state index contributed by atoms with van der Waals surface area (Å²) in [4.78, 5) is 23.6. The molecular formula is C10H16N4O4. The van der Waals surface area contributed by atoms with E-state index >= 15 is 0 Å². The lowest BCUT2D eigenvalue weighted by Crippen LogP contribution is -2.40. The van der Waals surface area contributed by atoms with Gasteiger partial charge < -0.3 is 20.1 Å². The minimum absolute atomic E-state index is 0.203.